The molecule has 0 spiro atoms. The van der Waals surface area contributed by atoms with Crippen LogP contribution in [0.15, 0.2) is 82.1 Å². The molecule has 9 heteroatoms. The smallest absolute Gasteiger partial charge is 0.285 e. The molecule has 3 aromatic rings. The van der Waals surface area contributed by atoms with E-state index in [1.165, 1.54) is 13.2 Å². The third-order valence-electron chi connectivity index (χ3n) is 5.23. The van der Waals surface area contributed by atoms with Crippen LogP contribution in [0.25, 0.3) is 0 Å². The van der Waals surface area contributed by atoms with Crippen molar-refractivity contribution in [2.24, 2.45) is 4.40 Å². The quantitative estimate of drug-likeness (QED) is 0.457. The number of fused-ring (bicyclic) bond motifs is 1. The van der Waals surface area contributed by atoms with E-state index in [-0.39, 0.29) is 10.8 Å². The van der Waals surface area contributed by atoms with Gasteiger partial charge in [0.1, 0.15) is 17.3 Å². The van der Waals surface area contributed by atoms with Crippen LogP contribution in [0.2, 0.25) is 0 Å². The van der Waals surface area contributed by atoms with Crippen molar-refractivity contribution in [3.8, 4) is 11.5 Å². The van der Waals surface area contributed by atoms with Gasteiger partial charge in [0.15, 0.2) is 11.5 Å². The Kier molecular flexibility index (Phi) is 7.12. The molecule has 3 aromatic carbocycles. The normalized spacial score (nSPS) is 13.5. The van der Waals surface area contributed by atoms with Gasteiger partial charge in [0.05, 0.1) is 7.11 Å². The van der Waals surface area contributed by atoms with Crippen LogP contribution < -0.4 is 20.1 Å². The Morgan fingerprint density at radius 2 is 1.71 bits per heavy atom. The number of hydrogen-bond donors (Lipinski definition) is 2. The van der Waals surface area contributed by atoms with E-state index < -0.39 is 10.0 Å². The van der Waals surface area contributed by atoms with Gasteiger partial charge in [-0.05, 0) is 42.3 Å². The Hall–Kier alpha value is -3.85. The highest BCUT2D eigenvalue weighted by Crippen LogP contribution is 2.29. The fraction of sp³-hybridized carbons (Fsp3) is 0.200. The van der Waals surface area contributed by atoms with Crippen LogP contribution in [0, 0.1) is 0 Å². The van der Waals surface area contributed by atoms with Crippen LogP contribution in [0.1, 0.15) is 27.9 Å². The van der Waals surface area contributed by atoms with Gasteiger partial charge in [-0.1, -0.05) is 42.5 Å². The predicted octanol–water partition coefficient (Wildman–Crippen LogP) is 3.13. The Labute approximate surface area is 198 Å². The first-order chi connectivity index (χ1) is 16.5. The topological polar surface area (TPSA) is 106 Å². The lowest BCUT2D eigenvalue weighted by Crippen LogP contribution is -2.29. The Balaban J connectivity index is 1.26. The monoisotopic (exact) mass is 479 g/mol. The van der Waals surface area contributed by atoms with Crippen molar-refractivity contribution in [3.63, 3.8) is 0 Å². The molecule has 1 aliphatic rings. The Morgan fingerprint density at radius 3 is 2.50 bits per heavy atom. The zero-order valence-corrected chi connectivity index (χ0v) is 19.5. The summed E-state index contributed by atoms with van der Waals surface area (Å²) in [6.07, 6.45) is 0.586. The minimum absolute atomic E-state index is 0.205. The minimum Gasteiger partial charge on any atom is -0.493 e. The van der Waals surface area contributed by atoms with Gasteiger partial charge < -0.3 is 20.1 Å². The zero-order valence-electron chi connectivity index (χ0n) is 18.7. The summed E-state index contributed by atoms with van der Waals surface area (Å²) in [6, 6.07) is 21.5. The van der Waals surface area contributed by atoms with Crippen molar-refractivity contribution in [2.45, 2.75) is 17.9 Å². The van der Waals surface area contributed by atoms with Crippen molar-refractivity contribution in [1.29, 1.82) is 0 Å². The number of rotatable bonds is 9. The van der Waals surface area contributed by atoms with Crippen LogP contribution >= 0.6 is 0 Å². The molecule has 34 heavy (non-hydrogen) atoms. The number of amidine groups is 1. The summed E-state index contributed by atoms with van der Waals surface area (Å²) < 4.78 is 39.2. The molecule has 0 aliphatic carbocycles. The molecule has 0 aromatic heterocycles. The first kappa shape index (κ1) is 23.3. The van der Waals surface area contributed by atoms with E-state index in [2.05, 4.69) is 15.0 Å². The van der Waals surface area contributed by atoms with Crippen LogP contribution in [-0.2, 0) is 16.6 Å². The Morgan fingerprint density at radius 1 is 0.941 bits per heavy atom. The lowest BCUT2D eigenvalue weighted by molar-refractivity contribution is 0.0953. The molecule has 8 nitrogen and oxygen atoms in total. The number of methoxy groups -OCH3 is 1. The lowest BCUT2D eigenvalue weighted by Gasteiger charge is -2.13. The number of hydrogen-bond acceptors (Lipinski definition) is 6. The number of amides is 1. The second-order valence-electron chi connectivity index (χ2n) is 7.59. The van der Waals surface area contributed by atoms with Gasteiger partial charge in [-0.2, -0.15) is 8.42 Å². The number of carbonyl (C=O) groups excluding carboxylic acids is 1. The van der Waals surface area contributed by atoms with Gasteiger partial charge >= 0.3 is 0 Å². The molecular weight excluding hydrogens is 454 g/mol. The third-order valence-corrected chi connectivity index (χ3v) is 6.56. The predicted molar refractivity (Wildman–Crippen MR) is 129 cm³/mol. The zero-order chi connectivity index (χ0) is 24.0. The van der Waals surface area contributed by atoms with Gasteiger partial charge in [0.25, 0.3) is 15.9 Å². The first-order valence-corrected chi connectivity index (χ1v) is 12.2. The fourth-order valence-corrected chi connectivity index (χ4v) is 4.69. The molecule has 0 atom stereocenters. The summed E-state index contributed by atoms with van der Waals surface area (Å²) in [4.78, 5) is 12.7. The molecule has 4 rings (SSSR count). The summed E-state index contributed by atoms with van der Waals surface area (Å²) in [5, 5.41) is 5.90. The molecule has 0 bridgehead atoms. The molecule has 1 aliphatic heterocycles. The molecule has 0 fully saturated rings. The number of carbonyl (C=O) groups is 1. The average Bonchev–Trinajstić information content (AvgIpc) is 3.13. The second-order valence-corrected chi connectivity index (χ2v) is 9.16. The number of nitrogens with one attached hydrogen (secondary N) is 2. The maximum absolute atomic E-state index is 12.5. The molecular formula is C25H25N3O5S. The maximum Gasteiger partial charge on any atom is 0.285 e. The average molecular weight is 480 g/mol. The summed E-state index contributed by atoms with van der Waals surface area (Å²) in [5.74, 6) is 1.13. The minimum atomic E-state index is -3.64. The largest absolute Gasteiger partial charge is 0.493 e. The van der Waals surface area contributed by atoms with Gasteiger partial charge in [0.2, 0.25) is 0 Å². The second kappa shape index (κ2) is 10.4. The van der Waals surface area contributed by atoms with Crippen molar-refractivity contribution in [1.82, 2.24) is 10.6 Å². The molecule has 1 amide bonds. The highest BCUT2D eigenvalue weighted by Gasteiger charge is 2.27. The summed E-state index contributed by atoms with van der Waals surface area (Å²) in [7, 11) is -2.11. The molecule has 0 saturated carbocycles. The van der Waals surface area contributed by atoms with Crippen LogP contribution in [0.4, 0.5) is 0 Å². The van der Waals surface area contributed by atoms with Crippen LogP contribution in [0.5, 0.6) is 11.5 Å². The summed E-state index contributed by atoms with van der Waals surface area (Å²) >= 11 is 0. The number of benzene rings is 3. The lowest BCUT2D eigenvalue weighted by atomic mass is 10.2. The van der Waals surface area contributed by atoms with E-state index in [0.717, 1.165) is 5.56 Å². The molecule has 176 valence electrons. The SMILES string of the molecule is COc1cc(C(=O)NCCCNC2=NS(=O)(=O)c3ccccc32)ccc1OCc1ccccc1. The van der Waals surface area contributed by atoms with E-state index in [0.29, 0.717) is 54.6 Å². The van der Waals surface area contributed by atoms with Gasteiger partial charge in [0, 0.05) is 24.2 Å². The van der Waals surface area contributed by atoms with E-state index >= 15 is 0 Å². The van der Waals surface area contributed by atoms with Crippen molar-refractivity contribution >= 4 is 21.8 Å². The molecule has 0 saturated heterocycles. The number of ether oxygens (including phenoxy) is 2. The van der Waals surface area contributed by atoms with Crippen molar-refractivity contribution < 1.29 is 22.7 Å². The third kappa shape index (κ3) is 5.37. The summed E-state index contributed by atoms with van der Waals surface area (Å²) in [6.45, 7) is 1.26. The van der Waals surface area contributed by atoms with E-state index in [4.69, 9.17) is 9.47 Å². The van der Waals surface area contributed by atoms with Gasteiger partial charge in [-0.3, -0.25) is 4.79 Å². The molecule has 1 heterocycles. The fourth-order valence-electron chi connectivity index (χ4n) is 3.50. The van der Waals surface area contributed by atoms with E-state index in [1.54, 1.807) is 36.4 Å². The van der Waals surface area contributed by atoms with Crippen LogP contribution in [-0.4, -0.2) is 40.4 Å². The highest BCUT2D eigenvalue weighted by molar-refractivity contribution is 7.90. The molecule has 2 N–H and O–H groups in total. The Bertz CT molecular complexity index is 1310. The van der Waals surface area contributed by atoms with E-state index in [1.807, 2.05) is 30.3 Å². The number of nitrogens with zero attached hydrogens (tertiary/aromatic N) is 1. The van der Waals surface area contributed by atoms with E-state index in [9.17, 15) is 13.2 Å². The van der Waals surface area contributed by atoms with Crippen LogP contribution in [0.3, 0.4) is 0 Å². The van der Waals surface area contributed by atoms with Crippen molar-refractivity contribution in [2.75, 3.05) is 20.2 Å². The standard InChI is InChI=1S/C25H25N3O5S/c1-32-22-16-19(12-13-21(22)33-17-18-8-3-2-4-9-18)25(29)27-15-7-14-26-24-20-10-5-6-11-23(20)34(30,31)28-24/h2-6,8-13,16H,7,14-15,17H2,1H3,(H,26,28)(H,27,29). The molecule has 0 unspecified atom stereocenters. The van der Waals surface area contributed by atoms with Gasteiger partial charge in [-0.25, -0.2) is 0 Å². The summed E-state index contributed by atoms with van der Waals surface area (Å²) in [5.41, 5.74) is 2.05. The first-order valence-electron chi connectivity index (χ1n) is 10.8. The van der Waals surface area contributed by atoms with Crippen molar-refractivity contribution in [3.05, 3.63) is 89.5 Å². The number of sulfonamides is 1. The maximum atomic E-state index is 12.5. The molecule has 0 radical (unpaired) electrons. The highest BCUT2D eigenvalue weighted by atomic mass is 32.2. The van der Waals surface area contributed by atoms with Gasteiger partial charge in [-0.15, -0.1) is 4.40 Å².